The molecule has 4 heteroatoms. The maximum absolute atomic E-state index is 2.64. The van der Waals surface area contributed by atoms with Gasteiger partial charge < -0.3 is 14.4 Å². The molecule has 3 nitrogen and oxygen atoms in total. The summed E-state index contributed by atoms with van der Waals surface area (Å²) >= 11 is 0. The number of unbranched alkanes of at least 4 members (excludes halogenated alkanes) is 6. The second-order valence-electron chi connectivity index (χ2n) is 20.8. The van der Waals surface area contributed by atoms with Crippen LogP contribution in [-0.2, 0) is 38.5 Å². The van der Waals surface area contributed by atoms with Gasteiger partial charge in [-0.1, -0.05) is 141 Å². The Hall–Kier alpha value is -6.00. The Labute approximate surface area is 421 Å². The van der Waals surface area contributed by atoms with Crippen molar-refractivity contribution in [3.8, 4) is 5.69 Å². The van der Waals surface area contributed by atoms with E-state index >= 15 is 0 Å². The van der Waals surface area contributed by atoms with Crippen LogP contribution in [0.5, 0.6) is 0 Å². The summed E-state index contributed by atoms with van der Waals surface area (Å²) in [5, 5.41) is 2.72. The van der Waals surface area contributed by atoms with Crippen LogP contribution in [0.1, 0.15) is 152 Å². The first kappa shape index (κ1) is 47.7. The van der Waals surface area contributed by atoms with Crippen molar-refractivity contribution in [2.75, 3.05) is 9.80 Å². The summed E-state index contributed by atoms with van der Waals surface area (Å²) < 4.78 is 2.61. The molecule has 0 unspecified atom stereocenters. The molecule has 7 aromatic carbocycles. The van der Waals surface area contributed by atoms with Crippen LogP contribution in [0.15, 0.2) is 133 Å². The number of benzene rings is 7. The molecular weight excluding hydrogens is 846 g/mol. The predicted octanol–water partition coefficient (Wildman–Crippen LogP) is 16.9. The largest absolute Gasteiger partial charge is 0.311 e. The van der Waals surface area contributed by atoms with Crippen molar-refractivity contribution in [1.82, 2.24) is 4.57 Å². The van der Waals surface area contributed by atoms with E-state index in [0.717, 1.165) is 38.5 Å². The van der Waals surface area contributed by atoms with Crippen molar-refractivity contribution < 1.29 is 0 Å². The highest BCUT2D eigenvalue weighted by Crippen LogP contribution is 2.47. The summed E-state index contributed by atoms with van der Waals surface area (Å²) in [7, 11) is 0. The zero-order valence-electron chi connectivity index (χ0n) is 43.3. The molecule has 0 atom stereocenters. The Morgan fingerprint density at radius 2 is 0.643 bits per heavy atom. The van der Waals surface area contributed by atoms with E-state index in [0.29, 0.717) is 0 Å². The molecule has 358 valence electrons. The van der Waals surface area contributed by atoms with Crippen LogP contribution < -0.4 is 26.2 Å². The first-order chi connectivity index (χ1) is 34.5. The Balaban J connectivity index is 1.29. The first-order valence-corrected chi connectivity index (χ1v) is 27.7. The summed E-state index contributed by atoms with van der Waals surface area (Å²) in [5.74, 6) is 0. The van der Waals surface area contributed by atoms with Gasteiger partial charge in [0.15, 0.2) is 0 Å². The van der Waals surface area contributed by atoms with E-state index in [1.54, 1.807) is 0 Å². The minimum Gasteiger partial charge on any atom is -0.311 e. The molecule has 1 aromatic heterocycles. The van der Waals surface area contributed by atoms with Gasteiger partial charge in [0.25, 0.3) is 6.71 Å². The van der Waals surface area contributed by atoms with Crippen molar-refractivity contribution in [2.24, 2.45) is 0 Å². The first-order valence-electron chi connectivity index (χ1n) is 27.7. The van der Waals surface area contributed by atoms with Crippen molar-refractivity contribution in [1.29, 1.82) is 0 Å². The van der Waals surface area contributed by atoms with E-state index in [-0.39, 0.29) is 6.71 Å². The van der Waals surface area contributed by atoms with Crippen LogP contribution in [0, 0.1) is 0 Å². The fourth-order valence-electron chi connectivity index (χ4n) is 11.7. The van der Waals surface area contributed by atoms with Gasteiger partial charge in [0.05, 0.1) is 16.7 Å². The van der Waals surface area contributed by atoms with E-state index in [4.69, 9.17) is 0 Å². The molecule has 0 saturated carbocycles. The second-order valence-corrected chi connectivity index (χ2v) is 20.8. The van der Waals surface area contributed by atoms with Crippen molar-refractivity contribution in [3.63, 3.8) is 0 Å². The van der Waals surface area contributed by atoms with Crippen LogP contribution in [-0.4, -0.2) is 11.3 Å². The lowest BCUT2D eigenvalue weighted by molar-refractivity contribution is 0.795. The number of hydrogen-bond acceptors (Lipinski definition) is 2. The molecule has 0 fully saturated rings. The predicted molar refractivity (Wildman–Crippen MR) is 306 cm³/mol. The van der Waals surface area contributed by atoms with Crippen molar-refractivity contribution in [3.05, 3.63) is 167 Å². The number of anilines is 6. The highest BCUT2D eigenvalue weighted by molar-refractivity contribution is 7.00. The quantitative estimate of drug-likeness (QED) is 0.0666. The molecule has 0 saturated heterocycles. The molecule has 0 amide bonds. The Kier molecular flexibility index (Phi) is 14.7. The van der Waals surface area contributed by atoms with Gasteiger partial charge >= 0.3 is 0 Å². The minimum absolute atomic E-state index is 0.0766. The van der Waals surface area contributed by atoms with Gasteiger partial charge in [-0.15, -0.1) is 0 Å². The number of fused-ring (bicyclic) bond motifs is 7. The number of rotatable bonds is 21. The zero-order valence-corrected chi connectivity index (χ0v) is 43.3. The summed E-state index contributed by atoms with van der Waals surface area (Å²) in [5.41, 5.74) is 24.1. The summed E-state index contributed by atoms with van der Waals surface area (Å²) in [6, 6.07) is 54.0. The van der Waals surface area contributed by atoms with Crippen LogP contribution >= 0.6 is 0 Å². The van der Waals surface area contributed by atoms with E-state index in [1.807, 2.05) is 0 Å². The molecule has 8 aromatic rings. The number of hydrogen-bond donors (Lipinski definition) is 0. The van der Waals surface area contributed by atoms with E-state index in [2.05, 4.69) is 189 Å². The molecule has 70 heavy (non-hydrogen) atoms. The van der Waals surface area contributed by atoms with Gasteiger partial charge in [-0.05, 0) is 200 Å². The smallest absolute Gasteiger partial charge is 0.252 e. The second kappa shape index (κ2) is 21.6. The molecule has 0 aliphatic carbocycles. The van der Waals surface area contributed by atoms with Crippen LogP contribution in [0.25, 0.3) is 27.5 Å². The molecule has 0 radical (unpaired) electrons. The summed E-state index contributed by atoms with van der Waals surface area (Å²) in [4.78, 5) is 5.28. The highest BCUT2D eigenvalue weighted by atomic mass is 15.2. The monoisotopic (exact) mass is 922 g/mol. The van der Waals surface area contributed by atoms with Crippen LogP contribution in [0.3, 0.4) is 0 Å². The average Bonchev–Trinajstić information content (AvgIpc) is 3.72. The van der Waals surface area contributed by atoms with Crippen molar-refractivity contribution in [2.45, 2.75) is 157 Å². The normalized spacial score (nSPS) is 12.8. The van der Waals surface area contributed by atoms with E-state index in [9.17, 15) is 0 Å². The Morgan fingerprint density at radius 1 is 0.314 bits per heavy atom. The van der Waals surface area contributed by atoms with E-state index < -0.39 is 0 Å². The number of nitrogens with zero attached hydrogens (tertiary/aromatic N) is 3. The number of aromatic nitrogens is 1. The van der Waals surface area contributed by atoms with Gasteiger partial charge in [0, 0.05) is 44.9 Å². The molecule has 3 heterocycles. The fourth-order valence-corrected chi connectivity index (χ4v) is 11.7. The van der Waals surface area contributed by atoms with E-state index in [1.165, 1.54) is 188 Å². The Morgan fingerprint density at radius 3 is 1.01 bits per heavy atom. The third-order valence-electron chi connectivity index (χ3n) is 15.6. The third-order valence-corrected chi connectivity index (χ3v) is 15.6. The molecule has 2 aliphatic rings. The molecule has 2 aliphatic heterocycles. The number of aryl methyl sites for hydroxylation is 6. The summed E-state index contributed by atoms with van der Waals surface area (Å²) in [6.45, 7) is 13.9. The average molecular weight is 922 g/mol. The topological polar surface area (TPSA) is 11.4 Å². The molecule has 0 N–H and O–H groups in total. The lowest BCUT2D eigenvalue weighted by Gasteiger charge is -2.44. The lowest BCUT2D eigenvalue weighted by Crippen LogP contribution is -2.61. The fraction of sp³-hybridized carbons (Fsp3) is 0.364. The zero-order chi connectivity index (χ0) is 48.1. The van der Waals surface area contributed by atoms with Crippen LogP contribution in [0.2, 0.25) is 0 Å². The SMILES string of the molecule is CCCCc1ccc(N2c3ccc(CCCC)cc3B3c4cc(CCCC)ccc4N(c4ccc(CCCC)cc4)c4cc(-n5c6ccc(CCCC)cc6c6cc(CCCC)ccc65)cc2c43)cc1. The standard InChI is InChI=1S/C66H76BN3/c1-7-13-19-47-25-33-53(34-26-47)68-62-39-31-51(23-17-11-5)43-58(62)67-59-44-52(24-18-12-6)32-40-63(59)69(54-35-27-48(28-36-54)20-14-8-2)65-46-55(45-64(68)66(65)67)70-60-37-29-49(21-15-9-3)41-56(60)57-42-50(22-16-10-4)30-38-61(57)70/h25-46H,7-24H2,1-6H3. The van der Waals surface area contributed by atoms with Gasteiger partial charge in [-0.3, -0.25) is 0 Å². The Bertz CT molecular complexity index is 2880. The highest BCUT2D eigenvalue weighted by Gasteiger charge is 2.44. The molecule has 0 bridgehead atoms. The molecular formula is C66H76BN3. The van der Waals surface area contributed by atoms with Gasteiger partial charge in [0.2, 0.25) is 0 Å². The molecule has 0 spiro atoms. The van der Waals surface area contributed by atoms with Crippen LogP contribution in [0.4, 0.5) is 34.1 Å². The third kappa shape index (κ3) is 9.24. The van der Waals surface area contributed by atoms with Gasteiger partial charge in [0.1, 0.15) is 0 Å². The van der Waals surface area contributed by atoms with Gasteiger partial charge in [-0.2, -0.15) is 0 Å². The maximum atomic E-state index is 2.64. The molecule has 10 rings (SSSR count). The maximum Gasteiger partial charge on any atom is 0.252 e. The van der Waals surface area contributed by atoms with Crippen molar-refractivity contribution >= 4 is 79.0 Å². The lowest BCUT2D eigenvalue weighted by atomic mass is 9.33. The van der Waals surface area contributed by atoms with Gasteiger partial charge in [-0.25, -0.2) is 0 Å². The summed E-state index contributed by atoms with van der Waals surface area (Å²) in [6.07, 6.45) is 21.0. The minimum atomic E-state index is 0.0766.